The van der Waals surface area contributed by atoms with Crippen molar-refractivity contribution in [2.24, 2.45) is 0 Å². The molecule has 0 unspecified atom stereocenters. The molecule has 0 radical (unpaired) electrons. The van der Waals surface area contributed by atoms with Crippen molar-refractivity contribution in [1.29, 1.82) is 0 Å². The van der Waals surface area contributed by atoms with Crippen LogP contribution in [0.1, 0.15) is 30.0 Å². The Kier molecular flexibility index (Phi) is 6.61. The fourth-order valence-electron chi connectivity index (χ4n) is 3.39. The number of piperazine rings is 1. The van der Waals surface area contributed by atoms with Crippen LogP contribution in [0.2, 0.25) is 0 Å². The third kappa shape index (κ3) is 4.91. The van der Waals surface area contributed by atoms with Gasteiger partial charge in [0.2, 0.25) is 11.3 Å². The first-order valence-corrected chi connectivity index (χ1v) is 9.93. The number of halogens is 1. The van der Waals surface area contributed by atoms with Crippen LogP contribution < -0.4 is 10.7 Å². The number of aromatic nitrogens is 2. The predicted molar refractivity (Wildman–Crippen MR) is 110 cm³/mol. The highest BCUT2D eigenvalue weighted by atomic mass is 19.1. The van der Waals surface area contributed by atoms with E-state index in [1.54, 1.807) is 24.0 Å². The van der Waals surface area contributed by atoms with Crippen molar-refractivity contribution in [3.63, 3.8) is 0 Å². The maximum atomic E-state index is 14.2. The molecule has 1 aliphatic rings. The molecular weight excluding hydrogens is 389 g/mol. The number of aryl methyl sites for hydroxylation is 1. The van der Waals surface area contributed by atoms with Gasteiger partial charge in [0.15, 0.2) is 5.69 Å². The van der Waals surface area contributed by atoms with Gasteiger partial charge in [0, 0.05) is 44.0 Å². The molecule has 0 spiro atoms. The second-order valence-corrected chi connectivity index (χ2v) is 7.65. The predicted octanol–water partition coefficient (Wildman–Crippen LogP) is 0.962. The molecule has 0 bridgehead atoms. The maximum absolute atomic E-state index is 14.2. The van der Waals surface area contributed by atoms with E-state index < -0.39 is 17.2 Å². The summed E-state index contributed by atoms with van der Waals surface area (Å²) in [4.78, 5) is 40.8. The lowest BCUT2D eigenvalue weighted by Crippen LogP contribution is -2.52. The summed E-state index contributed by atoms with van der Waals surface area (Å²) < 4.78 is 15.5. The molecule has 1 aromatic carbocycles. The minimum atomic E-state index is -0.497. The standard InChI is InChI=1S/C21H26FN5O3/c1-14(2)23-19(29)13-25-8-10-26(11-9-25)21(30)20-18(28)12-15(3)27(24-20)17-7-5-4-6-16(17)22/h4-7,12,14H,8-11,13H2,1-3H3,(H,23,29). The average Bonchev–Trinajstić information content (AvgIpc) is 2.68. The molecule has 1 fully saturated rings. The van der Waals surface area contributed by atoms with Gasteiger partial charge in [-0.2, -0.15) is 5.10 Å². The fraction of sp³-hybridized carbons (Fsp3) is 0.429. The number of amides is 2. The molecule has 3 rings (SSSR count). The molecule has 30 heavy (non-hydrogen) atoms. The zero-order valence-corrected chi connectivity index (χ0v) is 17.4. The van der Waals surface area contributed by atoms with Crippen molar-refractivity contribution in [1.82, 2.24) is 24.9 Å². The van der Waals surface area contributed by atoms with Crippen LogP contribution in [0.5, 0.6) is 0 Å². The van der Waals surface area contributed by atoms with Crippen molar-refractivity contribution >= 4 is 11.8 Å². The number of nitrogens with one attached hydrogen (secondary N) is 1. The van der Waals surface area contributed by atoms with Gasteiger partial charge in [0.05, 0.1) is 6.54 Å². The van der Waals surface area contributed by atoms with E-state index in [9.17, 15) is 18.8 Å². The van der Waals surface area contributed by atoms with E-state index in [1.807, 2.05) is 18.7 Å². The molecule has 160 valence electrons. The molecule has 2 amide bonds. The summed E-state index contributed by atoms with van der Waals surface area (Å²) in [6.07, 6.45) is 0. The summed E-state index contributed by atoms with van der Waals surface area (Å²) in [5.41, 5.74) is -0.133. The molecule has 1 N–H and O–H groups in total. The normalized spacial score (nSPS) is 14.8. The van der Waals surface area contributed by atoms with Crippen LogP contribution in [0.15, 0.2) is 35.1 Å². The number of benzene rings is 1. The third-order valence-corrected chi connectivity index (χ3v) is 4.87. The Bertz CT molecular complexity index is 996. The van der Waals surface area contributed by atoms with Crippen molar-refractivity contribution < 1.29 is 14.0 Å². The zero-order valence-electron chi connectivity index (χ0n) is 17.4. The van der Waals surface area contributed by atoms with Gasteiger partial charge in [-0.15, -0.1) is 0 Å². The lowest BCUT2D eigenvalue weighted by Gasteiger charge is -2.34. The van der Waals surface area contributed by atoms with E-state index in [0.29, 0.717) is 31.9 Å². The minimum Gasteiger partial charge on any atom is -0.353 e. The van der Waals surface area contributed by atoms with E-state index >= 15 is 0 Å². The summed E-state index contributed by atoms with van der Waals surface area (Å²) in [7, 11) is 0. The molecule has 1 aliphatic heterocycles. The first kappa shape index (κ1) is 21.6. The van der Waals surface area contributed by atoms with E-state index in [-0.39, 0.29) is 29.9 Å². The second kappa shape index (κ2) is 9.17. The van der Waals surface area contributed by atoms with Crippen LogP contribution in [0.4, 0.5) is 4.39 Å². The van der Waals surface area contributed by atoms with E-state index in [0.717, 1.165) is 0 Å². The van der Waals surface area contributed by atoms with E-state index in [4.69, 9.17) is 0 Å². The fourth-order valence-corrected chi connectivity index (χ4v) is 3.39. The van der Waals surface area contributed by atoms with Crippen LogP contribution in [-0.2, 0) is 4.79 Å². The van der Waals surface area contributed by atoms with Gasteiger partial charge in [-0.3, -0.25) is 19.3 Å². The molecule has 2 aromatic rings. The first-order chi connectivity index (χ1) is 14.3. The Morgan fingerprint density at radius 1 is 1.17 bits per heavy atom. The Morgan fingerprint density at radius 2 is 1.83 bits per heavy atom. The smallest absolute Gasteiger partial charge is 0.278 e. The van der Waals surface area contributed by atoms with Crippen molar-refractivity contribution in [2.45, 2.75) is 26.8 Å². The third-order valence-electron chi connectivity index (χ3n) is 4.87. The quantitative estimate of drug-likeness (QED) is 0.786. The molecule has 0 saturated carbocycles. The number of hydrogen-bond acceptors (Lipinski definition) is 5. The monoisotopic (exact) mass is 415 g/mol. The number of hydrogen-bond donors (Lipinski definition) is 1. The van der Waals surface area contributed by atoms with Crippen LogP contribution in [0.3, 0.4) is 0 Å². The van der Waals surface area contributed by atoms with Crippen molar-refractivity contribution in [3.8, 4) is 5.69 Å². The molecule has 0 atom stereocenters. The SMILES string of the molecule is Cc1cc(=O)c(C(=O)N2CCN(CC(=O)NC(C)C)CC2)nn1-c1ccccc1F. The second-order valence-electron chi connectivity index (χ2n) is 7.65. The van der Waals surface area contributed by atoms with Gasteiger partial charge in [0.25, 0.3) is 5.91 Å². The highest BCUT2D eigenvalue weighted by Crippen LogP contribution is 2.14. The lowest BCUT2D eigenvalue weighted by atomic mass is 10.2. The molecule has 0 aliphatic carbocycles. The summed E-state index contributed by atoms with van der Waals surface area (Å²) in [6.45, 7) is 7.49. The Hall–Kier alpha value is -3.07. The van der Waals surface area contributed by atoms with Crippen LogP contribution in [0, 0.1) is 12.7 Å². The van der Waals surface area contributed by atoms with Crippen LogP contribution in [0.25, 0.3) is 5.69 Å². The van der Waals surface area contributed by atoms with Crippen LogP contribution in [-0.4, -0.2) is 70.2 Å². The number of nitrogens with zero attached hydrogens (tertiary/aromatic N) is 4. The van der Waals surface area contributed by atoms with Gasteiger partial charge >= 0.3 is 0 Å². The lowest BCUT2D eigenvalue weighted by molar-refractivity contribution is -0.123. The van der Waals surface area contributed by atoms with E-state index in [2.05, 4.69) is 10.4 Å². The number of carbonyl (C=O) groups is 2. The first-order valence-electron chi connectivity index (χ1n) is 9.93. The van der Waals surface area contributed by atoms with Crippen molar-refractivity contribution in [3.05, 3.63) is 57.8 Å². The summed E-state index contributed by atoms with van der Waals surface area (Å²) >= 11 is 0. The molecule has 8 nitrogen and oxygen atoms in total. The Labute approximate surface area is 174 Å². The highest BCUT2D eigenvalue weighted by molar-refractivity contribution is 5.92. The van der Waals surface area contributed by atoms with Gasteiger partial charge in [0.1, 0.15) is 11.5 Å². The van der Waals surface area contributed by atoms with Gasteiger partial charge < -0.3 is 10.2 Å². The summed E-state index contributed by atoms with van der Waals surface area (Å²) in [6, 6.07) is 7.42. The van der Waals surface area contributed by atoms with E-state index in [1.165, 1.54) is 22.9 Å². The zero-order chi connectivity index (χ0) is 21.8. The molecule has 2 heterocycles. The van der Waals surface area contributed by atoms with Crippen LogP contribution >= 0.6 is 0 Å². The van der Waals surface area contributed by atoms with Gasteiger partial charge in [-0.1, -0.05) is 12.1 Å². The minimum absolute atomic E-state index is 0.0576. The molecule has 1 saturated heterocycles. The molecule has 9 heteroatoms. The Morgan fingerprint density at radius 3 is 2.47 bits per heavy atom. The summed E-state index contributed by atoms with van der Waals surface area (Å²) in [5, 5.41) is 7.02. The van der Waals surface area contributed by atoms with Gasteiger partial charge in [-0.05, 0) is 32.9 Å². The number of rotatable bonds is 5. The summed E-state index contributed by atoms with van der Waals surface area (Å²) in [5.74, 6) is -1.04. The van der Waals surface area contributed by atoms with Gasteiger partial charge in [-0.25, -0.2) is 9.07 Å². The molecular formula is C21H26FN5O3. The Balaban J connectivity index is 1.74. The molecule has 1 aromatic heterocycles. The topological polar surface area (TPSA) is 87.5 Å². The number of para-hydroxylation sites is 1. The number of carbonyl (C=O) groups excluding carboxylic acids is 2. The highest BCUT2D eigenvalue weighted by Gasteiger charge is 2.26. The average molecular weight is 415 g/mol. The maximum Gasteiger partial charge on any atom is 0.278 e. The van der Waals surface area contributed by atoms with Crippen molar-refractivity contribution in [2.75, 3.05) is 32.7 Å². The largest absolute Gasteiger partial charge is 0.353 e.